The van der Waals surface area contributed by atoms with Gasteiger partial charge in [0, 0.05) is 30.2 Å². The number of pyridine rings is 1. The van der Waals surface area contributed by atoms with Crippen molar-refractivity contribution < 1.29 is 9.53 Å². The Morgan fingerprint density at radius 3 is 2.49 bits per heavy atom. The molecule has 2 aromatic heterocycles. The van der Waals surface area contributed by atoms with Gasteiger partial charge in [-0.2, -0.15) is 10.2 Å². The van der Waals surface area contributed by atoms with Crippen LogP contribution in [0, 0.1) is 0 Å². The third kappa shape index (κ3) is 5.74. The fourth-order valence-electron chi connectivity index (χ4n) is 5.61. The SMILES string of the molecule is O=C(Nc1ccc(-n2nccn2)nc1)N1CCC2(CCCN2Cc2cccc(Oc3ccc(Cl)cc3)c2)CC1. The summed E-state index contributed by atoms with van der Waals surface area (Å²) in [6.07, 6.45) is 9.09. The molecule has 2 fully saturated rings. The Balaban J connectivity index is 1.05. The van der Waals surface area contributed by atoms with Crippen molar-refractivity contribution in [3.8, 4) is 17.3 Å². The summed E-state index contributed by atoms with van der Waals surface area (Å²) in [6, 6.07) is 19.2. The van der Waals surface area contributed by atoms with Gasteiger partial charge in [-0.05, 0) is 86.3 Å². The first-order chi connectivity index (χ1) is 19.1. The number of carbonyl (C=O) groups is 1. The molecule has 0 unspecified atom stereocenters. The average Bonchev–Trinajstić information content (AvgIpc) is 3.62. The third-order valence-corrected chi connectivity index (χ3v) is 7.92. The van der Waals surface area contributed by atoms with E-state index in [1.165, 1.54) is 16.8 Å². The predicted octanol–water partition coefficient (Wildman–Crippen LogP) is 5.77. The average molecular weight is 544 g/mol. The summed E-state index contributed by atoms with van der Waals surface area (Å²) < 4.78 is 6.05. The van der Waals surface area contributed by atoms with Crippen molar-refractivity contribution in [2.75, 3.05) is 25.0 Å². The van der Waals surface area contributed by atoms with Crippen molar-refractivity contribution in [1.82, 2.24) is 29.8 Å². The second kappa shape index (κ2) is 11.0. The summed E-state index contributed by atoms with van der Waals surface area (Å²) in [5.74, 6) is 2.18. The van der Waals surface area contributed by atoms with Crippen molar-refractivity contribution in [3.63, 3.8) is 0 Å². The van der Waals surface area contributed by atoms with E-state index in [1.807, 2.05) is 47.4 Å². The van der Waals surface area contributed by atoms with Gasteiger partial charge in [0.25, 0.3) is 0 Å². The smallest absolute Gasteiger partial charge is 0.321 e. The van der Waals surface area contributed by atoms with Crippen LogP contribution in [0.15, 0.2) is 79.3 Å². The molecule has 0 atom stereocenters. The lowest BCUT2D eigenvalue weighted by molar-refractivity contribution is 0.0610. The highest BCUT2D eigenvalue weighted by Gasteiger charge is 2.43. The largest absolute Gasteiger partial charge is 0.457 e. The number of aromatic nitrogens is 4. The van der Waals surface area contributed by atoms with Crippen LogP contribution in [0.2, 0.25) is 5.02 Å². The van der Waals surface area contributed by atoms with E-state index < -0.39 is 0 Å². The molecule has 10 heteroatoms. The van der Waals surface area contributed by atoms with Gasteiger partial charge in [-0.3, -0.25) is 4.90 Å². The zero-order chi connectivity index (χ0) is 26.7. The maximum Gasteiger partial charge on any atom is 0.321 e. The van der Waals surface area contributed by atoms with Crippen LogP contribution in [0.25, 0.3) is 5.82 Å². The molecule has 2 saturated heterocycles. The zero-order valence-corrected chi connectivity index (χ0v) is 22.3. The zero-order valence-electron chi connectivity index (χ0n) is 21.5. The Morgan fingerprint density at radius 1 is 0.949 bits per heavy atom. The van der Waals surface area contributed by atoms with Crippen LogP contribution in [-0.2, 0) is 6.54 Å². The highest BCUT2D eigenvalue weighted by atomic mass is 35.5. The maximum atomic E-state index is 13.0. The summed E-state index contributed by atoms with van der Waals surface area (Å²) in [5.41, 5.74) is 2.01. The first-order valence-corrected chi connectivity index (χ1v) is 13.6. The number of anilines is 1. The quantitative estimate of drug-likeness (QED) is 0.332. The number of halogens is 1. The van der Waals surface area contributed by atoms with E-state index in [-0.39, 0.29) is 11.6 Å². The number of benzene rings is 2. The number of rotatable bonds is 6. The lowest BCUT2D eigenvalue weighted by Gasteiger charge is -2.45. The van der Waals surface area contributed by atoms with Gasteiger partial charge in [-0.15, -0.1) is 4.80 Å². The number of hydrogen-bond acceptors (Lipinski definition) is 6. The fourth-order valence-corrected chi connectivity index (χ4v) is 5.74. The van der Waals surface area contributed by atoms with Crippen LogP contribution in [-0.4, -0.2) is 61.0 Å². The molecular formula is C29H30ClN7O2. The Bertz CT molecular complexity index is 1400. The van der Waals surface area contributed by atoms with Crippen molar-refractivity contribution in [3.05, 3.63) is 89.8 Å². The standard InChI is InChI=1S/C29H30ClN7O2/c30-23-5-8-25(9-6-23)39-26-4-1-3-22(19-26)21-36-16-2-11-29(36)12-17-35(18-13-29)28(38)34-24-7-10-27(31-20-24)37-32-14-15-33-37/h1,3-10,14-15,19-20H,2,11-13,16-18,21H2,(H,34,38). The molecule has 1 N–H and O–H groups in total. The topological polar surface area (TPSA) is 88.4 Å². The number of amides is 2. The molecule has 2 amide bonds. The Morgan fingerprint density at radius 2 is 1.74 bits per heavy atom. The minimum absolute atomic E-state index is 0.0896. The highest BCUT2D eigenvalue weighted by molar-refractivity contribution is 6.30. The number of ether oxygens (including phenoxy) is 1. The molecule has 2 aromatic carbocycles. The van der Waals surface area contributed by atoms with Crippen molar-refractivity contribution in [1.29, 1.82) is 0 Å². The molecule has 1 spiro atoms. The van der Waals surface area contributed by atoms with Gasteiger partial charge in [0.1, 0.15) is 11.5 Å². The molecular weight excluding hydrogens is 514 g/mol. The maximum absolute atomic E-state index is 13.0. The molecule has 0 aliphatic carbocycles. The molecule has 9 nitrogen and oxygen atoms in total. The molecule has 2 aliphatic rings. The number of hydrogen-bond donors (Lipinski definition) is 1. The molecule has 6 rings (SSSR count). The van der Waals surface area contributed by atoms with Gasteiger partial charge in [0.05, 0.1) is 24.3 Å². The first kappa shape index (κ1) is 25.3. The number of nitrogens with zero attached hydrogens (tertiary/aromatic N) is 6. The monoisotopic (exact) mass is 543 g/mol. The second-order valence-electron chi connectivity index (χ2n) is 10.1. The summed E-state index contributed by atoms with van der Waals surface area (Å²) in [5, 5.41) is 11.8. The molecule has 2 aliphatic heterocycles. The van der Waals surface area contributed by atoms with Gasteiger partial charge in [0.15, 0.2) is 5.82 Å². The number of piperidine rings is 1. The van der Waals surface area contributed by atoms with Crippen molar-refractivity contribution >= 4 is 23.3 Å². The van der Waals surface area contributed by atoms with E-state index in [4.69, 9.17) is 16.3 Å². The Hall–Kier alpha value is -3.95. The van der Waals surface area contributed by atoms with E-state index in [1.54, 1.807) is 24.7 Å². The van der Waals surface area contributed by atoms with E-state index in [0.29, 0.717) is 16.5 Å². The van der Waals surface area contributed by atoms with E-state index in [9.17, 15) is 4.79 Å². The van der Waals surface area contributed by atoms with Crippen molar-refractivity contribution in [2.24, 2.45) is 0 Å². The lowest BCUT2D eigenvalue weighted by atomic mass is 9.85. The number of nitrogens with one attached hydrogen (secondary N) is 1. The predicted molar refractivity (Wildman–Crippen MR) is 149 cm³/mol. The summed E-state index contributed by atoms with van der Waals surface area (Å²) in [6.45, 7) is 3.39. The van der Waals surface area contributed by atoms with Gasteiger partial charge in [-0.25, -0.2) is 9.78 Å². The van der Waals surface area contributed by atoms with Crippen LogP contribution in [0.5, 0.6) is 11.5 Å². The van der Waals surface area contributed by atoms with Gasteiger partial charge >= 0.3 is 6.03 Å². The lowest BCUT2D eigenvalue weighted by Crippen LogP contribution is -2.53. The summed E-state index contributed by atoms with van der Waals surface area (Å²) >= 11 is 6.00. The molecule has 0 bridgehead atoms. The van der Waals surface area contributed by atoms with E-state index in [0.717, 1.165) is 56.9 Å². The number of carbonyl (C=O) groups excluding carboxylic acids is 1. The summed E-state index contributed by atoms with van der Waals surface area (Å²) in [4.78, 5) is 23.3. The van der Waals surface area contributed by atoms with Gasteiger partial charge < -0.3 is 15.0 Å². The van der Waals surface area contributed by atoms with E-state index >= 15 is 0 Å². The van der Waals surface area contributed by atoms with Crippen LogP contribution >= 0.6 is 11.6 Å². The molecule has 0 saturated carbocycles. The molecule has 4 heterocycles. The van der Waals surface area contributed by atoms with Crippen LogP contribution in [0.3, 0.4) is 0 Å². The molecule has 200 valence electrons. The Labute approximate surface area is 232 Å². The normalized spacial score (nSPS) is 16.9. The minimum atomic E-state index is -0.0896. The number of likely N-dealkylation sites (tertiary alicyclic amines) is 2. The minimum Gasteiger partial charge on any atom is -0.457 e. The van der Waals surface area contributed by atoms with Crippen LogP contribution in [0.4, 0.5) is 10.5 Å². The van der Waals surface area contributed by atoms with Crippen LogP contribution < -0.4 is 10.1 Å². The first-order valence-electron chi connectivity index (χ1n) is 13.2. The van der Waals surface area contributed by atoms with E-state index in [2.05, 4.69) is 37.5 Å². The highest BCUT2D eigenvalue weighted by Crippen LogP contribution is 2.40. The molecule has 39 heavy (non-hydrogen) atoms. The molecule has 4 aromatic rings. The van der Waals surface area contributed by atoms with Crippen LogP contribution in [0.1, 0.15) is 31.2 Å². The Kier molecular flexibility index (Phi) is 7.17. The van der Waals surface area contributed by atoms with Gasteiger partial charge in [-0.1, -0.05) is 23.7 Å². The second-order valence-corrected chi connectivity index (χ2v) is 10.5. The van der Waals surface area contributed by atoms with Crippen molar-refractivity contribution in [2.45, 2.75) is 37.8 Å². The third-order valence-electron chi connectivity index (χ3n) is 7.67. The number of urea groups is 1. The van der Waals surface area contributed by atoms with Gasteiger partial charge in [0.2, 0.25) is 0 Å². The summed E-state index contributed by atoms with van der Waals surface area (Å²) in [7, 11) is 0. The fraction of sp³-hybridized carbons (Fsp3) is 0.310. The molecule has 0 radical (unpaired) electrons.